The lowest BCUT2D eigenvalue weighted by Crippen LogP contribution is -2.53. The Kier molecular flexibility index (Phi) is 4.22. The molecule has 3 rings (SSSR count). The minimum Gasteiger partial charge on any atom is -0.491 e. The zero-order valence-electron chi connectivity index (χ0n) is 14.7. The lowest BCUT2D eigenvalue weighted by Gasteiger charge is -2.44. The van der Waals surface area contributed by atoms with Gasteiger partial charge >= 0.3 is 0 Å². The number of carbonyl (C=O) groups is 1. The molecule has 1 amide bonds. The van der Waals surface area contributed by atoms with Crippen molar-refractivity contribution in [3.8, 4) is 5.75 Å². The second-order valence-electron chi connectivity index (χ2n) is 6.47. The van der Waals surface area contributed by atoms with Crippen molar-refractivity contribution >= 4 is 11.6 Å². The largest absolute Gasteiger partial charge is 0.491 e. The third-order valence-corrected chi connectivity index (χ3v) is 4.84. The van der Waals surface area contributed by atoms with Gasteiger partial charge in [-0.05, 0) is 50.1 Å². The lowest BCUT2D eigenvalue weighted by atomic mass is 9.94. The van der Waals surface area contributed by atoms with Gasteiger partial charge in [0.1, 0.15) is 11.4 Å². The van der Waals surface area contributed by atoms with Crippen LogP contribution in [0.2, 0.25) is 0 Å². The minimum atomic E-state index is -0.597. The number of anilines is 1. The molecule has 0 saturated carbocycles. The molecular weight excluding hydrogens is 300 g/mol. The molecule has 2 aromatic rings. The van der Waals surface area contributed by atoms with E-state index in [9.17, 15) is 4.79 Å². The molecular formula is C20H24N2O2. The van der Waals surface area contributed by atoms with Crippen molar-refractivity contribution in [1.82, 2.24) is 4.90 Å². The Bertz CT molecular complexity index is 742. The maximum atomic E-state index is 12.7. The molecule has 1 aliphatic rings. The molecule has 0 fully saturated rings. The summed E-state index contributed by atoms with van der Waals surface area (Å²) in [5, 5.41) is 3.51. The first-order valence-electron chi connectivity index (χ1n) is 8.38. The Morgan fingerprint density at radius 1 is 1.17 bits per heavy atom. The van der Waals surface area contributed by atoms with Crippen LogP contribution in [0.25, 0.3) is 0 Å². The van der Waals surface area contributed by atoms with Gasteiger partial charge in [-0.25, -0.2) is 0 Å². The fourth-order valence-corrected chi connectivity index (χ4v) is 2.95. The Morgan fingerprint density at radius 3 is 2.50 bits per heavy atom. The van der Waals surface area contributed by atoms with E-state index in [1.165, 1.54) is 0 Å². The van der Waals surface area contributed by atoms with E-state index in [-0.39, 0.29) is 12.0 Å². The topological polar surface area (TPSA) is 41.6 Å². The van der Waals surface area contributed by atoms with Gasteiger partial charge in [0.2, 0.25) is 0 Å². The molecule has 4 nitrogen and oxygen atoms in total. The summed E-state index contributed by atoms with van der Waals surface area (Å²) in [4.78, 5) is 14.5. The Hall–Kier alpha value is -2.49. The maximum Gasteiger partial charge on any atom is 0.257 e. The van der Waals surface area contributed by atoms with Gasteiger partial charge in [-0.15, -0.1) is 0 Å². The van der Waals surface area contributed by atoms with E-state index >= 15 is 0 Å². The molecule has 0 radical (unpaired) electrons. The molecule has 2 atom stereocenters. The molecule has 1 N–H and O–H groups in total. The number of rotatable bonds is 4. The molecule has 0 spiro atoms. The van der Waals surface area contributed by atoms with E-state index in [2.05, 4.69) is 19.2 Å². The molecule has 0 aliphatic carbocycles. The van der Waals surface area contributed by atoms with Gasteiger partial charge < -0.3 is 15.0 Å². The van der Waals surface area contributed by atoms with Crippen molar-refractivity contribution in [2.45, 2.75) is 39.0 Å². The van der Waals surface area contributed by atoms with Crippen LogP contribution in [0, 0.1) is 0 Å². The van der Waals surface area contributed by atoms with E-state index < -0.39 is 5.66 Å². The first-order chi connectivity index (χ1) is 11.5. The molecule has 0 bridgehead atoms. The number of nitrogens with zero attached hydrogens (tertiary/aromatic N) is 1. The molecule has 126 valence electrons. The van der Waals surface area contributed by atoms with Gasteiger partial charge in [-0.2, -0.15) is 0 Å². The summed E-state index contributed by atoms with van der Waals surface area (Å²) in [6.07, 6.45) is 1.16. The summed E-state index contributed by atoms with van der Waals surface area (Å²) in [7, 11) is 1.83. The summed E-state index contributed by atoms with van der Waals surface area (Å²) < 4.78 is 5.84. The molecule has 0 aromatic heterocycles. The van der Waals surface area contributed by atoms with Crippen molar-refractivity contribution in [3.63, 3.8) is 0 Å². The van der Waals surface area contributed by atoms with Gasteiger partial charge in [0.05, 0.1) is 11.7 Å². The number of hydrogen-bond donors (Lipinski definition) is 1. The highest BCUT2D eigenvalue weighted by Gasteiger charge is 2.40. The van der Waals surface area contributed by atoms with Gasteiger partial charge in [0.25, 0.3) is 5.91 Å². The van der Waals surface area contributed by atoms with Crippen molar-refractivity contribution in [3.05, 3.63) is 59.7 Å². The van der Waals surface area contributed by atoms with Crippen LogP contribution in [0.4, 0.5) is 5.69 Å². The van der Waals surface area contributed by atoms with Crippen molar-refractivity contribution in [2.75, 3.05) is 12.4 Å². The van der Waals surface area contributed by atoms with Gasteiger partial charge in [0, 0.05) is 12.7 Å². The molecule has 24 heavy (non-hydrogen) atoms. The zero-order chi connectivity index (χ0) is 17.3. The number of fused-ring (bicyclic) bond motifs is 1. The maximum absolute atomic E-state index is 12.7. The number of amides is 1. The predicted molar refractivity (Wildman–Crippen MR) is 96.3 cm³/mol. The van der Waals surface area contributed by atoms with Crippen LogP contribution < -0.4 is 10.1 Å². The smallest absolute Gasteiger partial charge is 0.257 e. The molecule has 2 unspecified atom stereocenters. The second-order valence-corrected chi connectivity index (χ2v) is 6.47. The number of carbonyl (C=O) groups excluding carboxylic acids is 1. The third kappa shape index (κ3) is 2.73. The minimum absolute atomic E-state index is 0.0202. The zero-order valence-corrected chi connectivity index (χ0v) is 14.7. The first-order valence-corrected chi connectivity index (χ1v) is 8.38. The van der Waals surface area contributed by atoms with Crippen molar-refractivity contribution in [1.29, 1.82) is 0 Å². The van der Waals surface area contributed by atoms with Crippen LogP contribution >= 0.6 is 0 Å². The van der Waals surface area contributed by atoms with Crippen molar-refractivity contribution < 1.29 is 9.53 Å². The molecule has 1 aliphatic heterocycles. The van der Waals surface area contributed by atoms with E-state index in [1.807, 2.05) is 62.5 Å². The Balaban J connectivity index is 1.92. The van der Waals surface area contributed by atoms with Crippen LogP contribution in [0.5, 0.6) is 5.75 Å². The number of nitrogens with one attached hydrogen (secondary N) is 1. The van der Waals surface area contributed by atoms with Crippen LogP contribution in [-0.4, -0.2) is 24.0 Å². The highest BCUT2D eigenvalue weighted by Crippen LogP contribution is 2.37. The van der Waals surface area contributed by atoms with Gasteiger partial charge in [0.15, 0.2) is 0 Å². The highest BCUT2D eigenvalue weighted by atomic mass is 16.5. The van der Waals surface area contributed by atoms with Gasteiger partial charge in [-0.1, -0.05) is 31.2 Å². The van der Waals surface area contributed by atoms with Crippen LogP contribution in [0.15, 0.2) is 48.5 Å². The monoisotopic (exact) mass is 324 g/mol. The number of ether oxygens (including phenoxy) is 1. The van der Waals surface area contributed by atoms with E-state index in [0.717, 1.165) is 23.4 Å². The molecule has 1 heterocycles. The van der Waals surface area contributed by atoms with Crippen LogP contribution in [0.1, 0.15) is 43.1 Å². The average molecular weight is 324 g/mol. The Morgan fingerprint density at radius 2 is 1.83 bits per heavy atom. The summed E-state index contributed by atoms with van der Waals surface area (Å²) in [5.74, 6) is 0.869. The number of benzene rings is 2. The summed E-state index contributed by atoms with van der Waals surface area (Å²) in [6.45, 7) is 6.18. The Labute approximate surface area is 143 Å². The summed E-state index contributed by atoms with van der Waals surface area (Å²) >= 11 is 0. The first kappa shape index (κ1) is 16.4. The van der Waals surface area contributed by atoms with Crippen LogP contribution in [-0.2, 0) is 5.66 Å². The third-order valence-electron chi connectivity index (χ3n) is 4.84. The molecule has 0 saturated heterocycles. The molecule has 4 heteroatoms. The van der Waals surface area contributed by atoms with E-state index in [0.29, 0.717) is 5.56 Å². The van der Waals surface area contributed by atoms with Crippen molar-refractivity contribution in [2.24, 2.45) is 0 Å². The SMILES string of the molecule is CCC(C)Oc1ccc(C2(C)Nc3ccccc3C(=O)N2C)cc1. The quantitative estimate of drug-likeness (QED) is 0.915. The normalized spacial score (nSPS) is 21.0. The van der Waals surface area contributed by atoms with Gasteiger partial charge in [-0.3, -0.25) is 4.79 Å². The van der Waals surface area contributed by atoms with Crippen LogP contribution in [0.3, 0.4) is 0 Å². The summed E-state index contributed by atoms with van der Waals surface area (Å²) in [5.41, 5.74) is 1.99. The fraction of sp³-hybridized carbons (Fsp3) is 0.350. The lowest BCUT2D eigenvalue weighted by molar-refractivity contribution is 0.0615. The highest BCUT2D eigenvalue weighted by molar-refractivity contribution is 6.02. The molecule has 2 aromatic carbocycles. The number of hydrogen-bond acceptors (Lipinski definition) is 3. The van der Waals surface area contributed by atoms with E-state index in [1.54, 1.807) is 4.90 Å². The summed E-state index contributed by atoms with van der Waals surface area (Å²) in [6, 6.07) is 15.6. The standard InChI is InChI=1S/C20H24N2O2/c1-5-14(2)24-16-12-10-15(11-13-16)20(3)21-18-9-7-6-8-17(18)19(23)22(20)4/h6-14,21H,5H2,1-4H3. The fourth-order valence-electron chi connectivity index (χ4n) is 2.95. The second kappa shape index (κ2) is 6.19. The van der Waals surface area contributed by atoms with E-state index in [4.69, 9.17) is 4.74 Å². The number of para-hydroxylation sites is 1. The average Bonchev–Trinajstić information content (AvgIpc) is 2.60. The predicted octanol–water partition coefficient (Wildman–Crippen LogP) is 4.23.